The van der Waals surface area contributed by atoms with E-state index in [1.165, 1.54) is 6.42 Å². The van der Waals surface area contributed by atoms with E-state index in [1.54, 1.807) is 0 Å². The summed E-state index contributed by atoms with van der Waals surface area (Å²) >= 11 is 0. The molecule has 0 aromatic rings. The summed E-state index contributed by atoms with van der Waals surface area (Å²) in [6, 6.07) is 0. The van der Waals surface area contributed by atoms with Gasteiger partial charge in [0.15, 0.2) is 0 Å². The Labute approximate surface area is 80.3 Å². The first-order chi connectivity index (χ1) is 6.12. The van der Waals surface area contributed by atoms with E-state index in [0.29, 0.717) is 11.8 Å². The molecule has 1 aliphatic carbocycles. The molecular weight excluding hydrogens is 164 g/mol. The lowest BCUT2D eigenvalue weighted by atomic mass is 9.71. The van der Waals surface area contributed by atoms with Gasteiger partial charge < -0.3 is 9.84 Å². The first kappa shape index (κ1) is 9.47. The Kier molecular flexibility index (Phi) is 2.37. The van der Waals surface area contributed by atoms with Crippen LogP contribution < -0.4 is 0 Å². The van der Waals surface area contributed by atoms with Crippen molar-refractivity contribution < 1.29 is 9.84 Å². The Bertz CT molecular complexity index is 181. The largest absolute Gasteiger partial charge is 0.390 e. The van der Waals surface area contributed by atoms with E-state index < -0.39 is 0 Å². The summed E-state index contributed by atoms with van der Waals surface area (Å²) in [7, 11) is 0. The van der Waals surface area contributed by atoms with Gasteiger partial charge in [0.05, 0.1) is 18.3 Å². The molecule has 2 nitrogen and oxygen atoms in total. The molecule has 0 aromatic carbocycles. The van der Waals surface area contributed by atoms with Crippen LogP contribution in [0.2, 0.25) is 0 Å². The minimum Gasteiger partial charge on any atom is -0.390 e. The van der Waals surface area contributed by atoms with E-state index in [2.05, 4.69) is 13.8 Å². The van der Waals surface area contributed by atoms with Crippen LogP contribution in [0.25, 0.3) is 0 Å². The van der Waals surface area contributed by atoms with Gasteiger partial charge in [-0.2, -0.15) is 0 Å². The molecule has 1 saturated carbocycles. The molecule has 2 fully saturated rings. The molecule has 0 bridgehead atoms. The van der Waals surface area contributed by atoms with Crippen molar-refractivity contribution in [2.75, 3.05) is 6.61 Å². The molecule has 1 saturated heterocycles. The molecule has 2 rings (SSSR count). The zero-order valence-corrected chi connectivity index (χ0v) is 8.62. The molecule has 1 spiro atoms. The molecule has 1 aliphatic heterocycles. The highest BCUT2D eigenvalue weighted by Gasteiger charge is 2.47. The summed E-state index contributed by atoms with van der Waals surface area (Å²) in [6.45, 7) is 5.29. The maximum absolute atomic E-state index is 9.91. The van der Waals surface area contributed by atoms with Gasteiger partial charge >= 0.3 is 0 Å². The number of hydrogen-bond donors (Lipinski definition) is 1. The third kappa shape index (κ3) is 1.62. The number of hydrogen-bond acceptors (Lipinski definition) is 2. The fourth-order valence-corrected chi connectivity index (χ4v) is 3.24. The van der Waals surface area contributed by atoms with Gasteiger partial charge in [-0.15, -0.1) is 0 Å². The van der Waals surface area contributed by atoms with Crippen LogP contribution in [0, 0.1) is 11.8 Å². The summed E-state index contributed by atoms with van der Waals surface area (Å²) in [5, 5.41) is 9.91. The van der Waals surface area contributed by atoms with Crippen LogP contribution in [-0.2, 0) is 4.74 Å². The normalized spacial score (nSPS) is 51.5. The van der Waals surface area contributed by atoms with Crippen LogP contribution in [0.4, 0.5) is 0 Å². The van der Waals surface area contributed by atoms with Gasteiger partial charge in [0.2, 0.25) is 0 Å². The highest BCUT2D eigenvalue weighted by Crippen LogP contribution is 2.44. The van der Waals surface area contributed by atoms with Gasteiger partial charge in [0.25, 0.3) is 0 Å². The molecular formula is C11H20O2. The van der Waals surface area contributed by atoms with Crippen molar-refractivity contribution in [1.82, 2.24) is 0 Å². The lowest BCUT2D eigenvalue weighted by Gasteiger charge is -2.41. The predicted octanol–water partition coefficient (Wildman–Crippen LogP) is 1.96. The van der Waals surface area contributed by atoms with Crippen LogP contribution in [0.1, 0.15) is 39.5 Å². The molecule has 3 unspecified atom stereocenters. The smallest absolute Gasteiger partial charge is 0.0946 e. The molecule has 13 heavy (non-hydrogen) atoms. The molecule has 0 radical (unpaired) electrons. The van der Waals surface area contributed by atoms with Gasteiger partial charge in [0, 0.05) is 0 Å². The molecule has 1 heterocycles. The van der Waals surface area contributed by atoms with E-state index in [4.69, 9.17) is 4.74 Å². The van der Waals surface area contributed by atoms with Crippen molar-refractivity contribution in [2.45, 2.75) is 51.2 Å². The van der Waals surface area contributed by atoms with Crippen LogP contribution in [0.5, 0.6) is 0 Å². The van der Waals surface area contributed by atoms with Crippen LogP contribution in [0.15, 0.2) is 0 Å². The predicted molar refractivity (Wildman–Crippen MR) is 51.5 cm³/mol. The summed E-state index contributed by atoms with van der Waals surface area (Å²) in [6.07, 6.45) is 4.02. The van der Waals surface area contributed by atoms with E-state index in [1.807, 2.05) is 0 Å². The number of rotatable bonds is 0. The molecule has 1 N–H and O–H groups in total. The van der Waals surface area contributed by atoms with E-state index >= 15 is 0 Å². The zero-order valence-electron chi connectivity index (χ0n) is 8.62. The third-order valence-corrected chi connectivity index (χ3v) is 3.58. The molecule has 2 heteroatoms. The van der Waals surface area contributed by atoms with E-state index in [9.17, 15) is 5.11 Å². The van der Waals surface area contributed by atoms with Crippen molar-refractivity contribution >= 4 is 0 Å². The highest BCUT2D eigenvalue weighted by molar-refractivity contribution is 4.98. The number of aliphatic hydroxyl groups is 1. The van der Waals surface area contributed by atoms with Gasteiger partial charge in [-0.05, 0) is 37.5 Å². The lowest BCUT2D eigenvalue weighted by molar-refractivity contribution is -0.103. The summed E-state index contributed by atoms with van der Waals surface area (Å²) in [5.74, 6) is 1.41. The van der Waals surface area contributed by atoms with Crippen molar-refractivity contribution in [1.29, 1.82) is 0 Å². The second-order valence-electron chi connectivity index (χ2n) is 5.07. The molecule has 0 amide bonds. The van der Waals surface area contributed by atoms with Crippen molar-refractivity contribution in [3.8, 4) is 0 Å². The Morgan fingerprint density at radius 3 is 2.31 bits per heavy atom. The Morgan fingerprint density at radius 2 is 1.85 bits per heavy atom. The average molecular weight is 184 g/mol. The highest BCUT2D eigenvalue weighted by atomic mass is 16.5. The topological polar surface area (TPSA) is 29.5 Å². The van der Waals surface area contributed by atoms with Crippen molar-refractivity contribution in [3.05, 3.63) is 0 Å². The minimum atomic E-state index is -0.210. The second-order valence-corrected chi connectivity index (χ2v) is 5.07. The molecule has 2 aliphatic rings. The Morgan fingerprint density at radius 1 is 1.23 bits per heavy atom. The molecule has 76 valence electrons. The Hall–Kier alpha value is -0.0800. The summed E-state index contributed by atoms with van der Waals surface area (Å²) in [5.41, 5.74) is -0.170. The minimum absolute atomic E-state index is 0.170. The Balaban J connectivity index is 2.12. The fourth-order valence-electron chi connectivity index (χ4n) is 3.24. The van der Waals surface area contributed by atoms with Gasteiger partial charge in [0.1, 0.15) is 0 Å². The van der Waals surface area contributed by atoms with Crippen LogP contribution in [0.3, 0.4) is 0 Å². The van der Waals surface area contributed by atoms with Gasteiger partial charge in [-0.3, -0.25) is 0 Å². The quantitative estimate of drug-likeness (QED) is 0.623. The van der Waals surface area contributed by atoms with E-state index in [0.717, 1.165) is 25.9 Å². The third-order valence-electron chi connectivity index (χ3n) is 3.58. The maximum atomic E-state index is 9.91. The summed E-state index contributed by atoms with van der Waals surface area (Å²) in [4.78, 5) is 0. The maximum Gasteiger partial charge on any atom is 0.0946 e. The van der Waals surface area contributed by atoms with Crippen molar-refractivity contribution in [2.24, 2.45) is 11.8 Å². The standard InChI is InChI=1S/C11H20O2/c1-8-5-9(2)7-11(6-8)10(12)3-4-13-11/h8-10,12H,3-7H2,1-2H3. The fraction of sp³-hybridized carbons (Fsp3) is 1.00. The zero-order chi connectivity index (χ0) is 9.47. The monoisotopic (exact) mass is 184 g/mol. The first-order valence-electron chi connectivity index (χ1n) is 5.44. The second kappa shape index (κ2) is 3.25. The SMILES string of the molecule is CC1CC(C)CC2(C1)OCCC2O. The van der Waals surface area contributed by atoms with Gasteiger partial charge in [-0.25, -0.2) is 0 Å². The van der Waals surface area contributed by atoms with Crippen LogP contribution >= 0.6 is 0 Å². The first-order valence-corrected chi connectivity index (χ1v) is 5.44. The average Bonchev–Trinajstić information content (AvgIpc) is 2.30. The van der Waals surface area contributed by atoms with Gasteiger partial charge in [-0.1, -0.05) is 13.8 Å². The number of ether oxygens (including phenoxy) is 1. The number of aliphatic hydroxyl groups excluding tert-OH is 1. The lowest BCUT2D eigenvalue weighted by Crippen LogP contribution is -2.45. The van der Waals surface area contributed by atoms with Crippen LogP contribution in [-0.4, -0.2) is 23.4 Å². The molecule has 3 atom stereocenters. The summed E-state index contributed by atoms with van der Waals surface area (Å²) < 4.78 is 5.78. The van der Waals surface area contributed by atoms with Crippen molar-refractivity contribution in [3.63, 3.8) is 0 Å². The van der Waals surface area contributed by atoms with E-state index in [-0.39, 0.29) is 11.7 Å². The molecule has 0 aromatic heterocycles.